The second-order valence-electron chi connectivity index (χ2n) is 7.08. The number of hydrogen-bond acceptors (Lipinski definition) is 4. The van der Waals surface area contributed by atoms with Crippen molar-refractivity contribution in [2.24, 2.45) is 0 Å². The van der Waals surface area contributed by atoms with Crippen LogP contribution in [0.1, 0.15) is 5.56 Å². The van der Waals surface area contributed by atoms with E-state index in [1.54, 1.807) is 10.6 Å². The van der Waals surface area contributed by atoms with Gasteiger partial charge in [0.05, 0.1) is 22.5 Å². The SMILES string of the molecule is O=S(=O)(Nc1cc2nc3ccccc3nc2n1Cc1ccccc1)c1ccc(F)cc1. The van der Waals surface area contributed by atoms with Crippen molar-refractivity contribution in [1.29, 1.82) is 0 Å². The standard InChI is InChI=1S/C23H17FN4O2S/c24-17-10-12-18(13-11-17)31(29,30)27-22-14-21-23(26-20-9-5-4-8-19(20)25-21)28(22)15-16-6-2-1-3-7-16/h1-14,27H,15H2. The van der Waals surface area contributed by atoms with Crippen LogP contribution in [0.25, 0.3) is 22.2 Å². The number of para-hydroxylation sites is 2. The van der Waals surface area contributed by atoms with E-state index in [0.29, 0.717) is 23.5 Å². The minimum absolute atomic E-state index is 0.0310. The molecule has 6 nitrogen and oxygen atoms in total. The van der Waals surface area contributed by atoms with Crippen LogP contribution >= 0.6 is 0 Å². The van der Waals surface area contributed by atoms with Gasteiger partial charge in [0, 0.05) is 6.07 Å². The minimum Gasteiger partial charge on any atom is -0.306 e. The molecule has 0 aliphatic carbocycles. The van der Waals surface area contributed by atoms with Gasteiger partial charge in [-0.05, 0) is 42.0 Å². The molecule has 0 aliphatic heterocycles. The molecule has 0 saturated carbocycles. The van der Waals surface area contributed by atoms with E-state index in [4.69, 9.17) is 4.98 Å². The van der Waals surface area contributed by atoms with Crippen molar-refractivity contribution in [3.05, 3.63) is 96.3 Å². The largest absolute Gasteiger partial charge is 0.306 e. The Morgan fingerprint density at radius 1 is 0.806 bits per heavy atom. The lowest BCUT2D eigenvalue weighted by Gasteiger charge is -2.13. The van der Waals surface area contributed by atoms with E-state index >= 15 is 0 Å². The van der Waals surface area contributed by atoms with Gasteiger partial charge >= 0.3 is 0 Å². The number of rotatable bonds is 5. The molecular weight excluding hydrogens is 415 g/mol. The Morgan fingerprint density at radius 2 is 1.45 bits per heavy atom. The van der Waals surface area contributed by atoms with Gasteiger partial charge in [-0.3, -0.25) is 4.72 Å². The summed E-state index contributed by atoms with van der Waals surface area (Å²) >= 11 is 0. The Hall–Kier alpha value is -3.78. The molecule has 0 saturated heterocycles. The molecule has 0 fully saturated rings. The lowest BCUT2D eigenvalue weighted by Crippen LogP contribution is -2.16. The number of nitrogens with zero attached hydrogens (tertiary/aromatic N) is 3. The predicted octanol–water partition coefficient (Wildman–Crippen LogP) is 4.57. The molecule has 1 N–H and O–H groups in total. The molecule has 5 rings (SSSR count). The molecule has 2 aromatic heterocycles. The van der Waals surface area contributed by atoms with Crippen molar-refractivity contribution < 1.29 is 12.8 Å². The molecule has 31 heavy (non-hydrogen) atoms. The summed E-state index contributed by atoms with van der Waals surface area (Å²) in [4.78, 5) is 9.34. The first-order chi connectivity index (χ1) is 15.0. The maximum atomic E-state index is 13.2. The minimum atomic E-state index is -3.93. The number of benzene rings is 3. The van der Waals surface area contributed by atoms with E-state index in [1.165, 1.54) is 12.1 Å². The predicted molar refractivity (Wildman–Crippen MR) is 118 cm³/mol. The first kappa shape index (κ1) is 19.2. The Bertz CT molecular complexity index is 1500. The van der Waals surface area contributed by atoms with Gasteiger partial charge in [0.25, 0.3) is 10.0 Å². The van der Waals surface area contributed by atoms with Gasteiger partial charge in [0.1, 0.15) is 17.2 Å². The second-order valence-corrected chi connectivity index (χ2v) is 8.76. The van der Waals surface area contributed by atoms with E-state index in [-0.39, 0.29) is 4.90 Å². The summed E-state index contributed by atoms with van der Waals surface area (Å²) in [6.07, 6.45) is 0. The average Bonchev–Trinajstić information content (AvgIpc) is 3.08. The highest BCUT2D eigenvalue weighted by molar-refractivity contribution is 7.92. The van der Waals surface area contributed by atoms with Gasteiger partial charge in [-0.2, -0.15) is 0 Å². The molecule has 5 aromatic rings. The third-order valence-corrected chi connectivity index (χ3v) is 6.32. The Morgan fingerprint density at radius 3 is 2.16 bits per heavy atom. The smallest absolute Gasteiger partial charge is 0.263 e. The van der Waals surface area contributed by atoms with Gasteiger partial charge in [-0.1, -0.05) is 42.5 Å². The Balaban J connectivity index is 1.66. The van der Waals surface area contributed by atoms with Crippen molar-refractivity contribution in [1.82, 2.24) is 14.5 Å². The topological polar surface area (TPSA) is 76.9 Å². The van der Waals surface area contributed by atoms with Crippen LogP contribution in [0.4, 0.5) is 10.2 Å². The monoisotopic (exact) mass is 432 g/mol. The van der Waals surface area contributed by atoms with Crippen LogP contribution in [0.3, 0.4) is 0 Å². The maximum absolute atomic E-state index is 13.2. The molecular formula is C23H17FN4O2S. The molecule has 8 heteroatoms. The molecule has 0 aliphatic rings. The maximum Gasteiger partial charge on any atom is 0.263 e. The molecule has 2 heterocycles. The second kappa shape index (κ2) is 7.48. The number of nitrogens with one attached hydrogen (secondary N) is 1. The van der Waals surface area contributed by atoms with E-state index in [2.05, 4.69) is 9.71 Å². The first-order valence-electron chi connectivity index (χ1n) is 9.58. The molecule has 0 atom stereocenters. The lowest BCUT2D eigenvalue weighted by atomic mass is 10.2. The summed E-state index contributed by atoms with van der Waals surface area (Å²) in [6, 6.07) is 23.5. The number of sulfonamides is 1. The van der Waals surface area contributed by atoms with Gasteiger partial charge in [0.2, 0.25) is 0 Å². The number of anilines is 1. The summed E-state index contributed by atoms with van der Waals surface area (Å²) in [7, 11) is -3.93. The van der Waals surface area contributed by atoms with Crippen LogP contribution in [-0.4, -0.2) is 23.0 Å². The van der Waals surface area contributed by atoms with E-state index in [9.17, 15) is 12.8 Å². The van der Waals surface area contributed by atoms with Crippen LogP contribution in [0, 0.1) is 5.82 Å². The summed E-state index contributed by atoms with van der Waals surface area (Å²) < 4.78 is 43.5. The molecule has 3 aromatic carbocycles. The van der Waals surface area contributed by atoms with Gasteiger partial charge in [-0.25, -0.2) is 22.8 Å². The molecule has 0 unspecified atom stereocenters. The fourth-order valence-corrected chi connectivity index (χ4v) is 4.50. The summed E-state index contributed by atoms with van der Waals surface area (Å²) in [5, 5.41) is 0. The molecule has 0 radical (unpaired) electrons. The molecule has 154 valence electrons. The zero-order valence-corrected chi connectivity index (χ0v) is 17.1. The van der Waals surface area contributed by atoms with Crippen molar-refractivity contribution in [3.63, 3.8) is 0 Å². The van der Waals surface area contributed by atoms with Crippen molar-refractivity contribution >= 4 is 38.0 Å². The zero-order chi connectivity index (χ0) is 21.4. The third-order valence-electron chi connectivity index (χ3n) is 4.94. The first-order valence-corrected chi connectivity index (χ1v) is 11.1. The van der Waals surface area contributed by atoms with Crippen LogP contribution in [0.5, 0.6) is 0 Å². The highest BCUT2D eigenvalue weighted by atomic mass is 32.2. The van der Waals surface area contributed by atoms with Gasteiger partial charge in [0.15, 0.2) is 5.65 Å². The quantitative estimate of drug-likeness (QED) is 0.441. The van der Waals surface area contributed by atoms with E-state index in [1.807, 2.05) is 54.6 Å². The van der Waals surface area contributed by atoms with Crippen molar-refractivity contribution in [2.75, 3.05) is 4.72 Å². The Kier molecular flexibility index (Phi) is 4.63. The lowest BCUT2D eigenvalue weighted by molar-refractivity contribution is 0.599. The van der Waals surface area contributed by atoms with Gasteiger partial charge in [-0.15, -0.1) is 0 Å². The highest BCUT2D eigenvalue weighted by Crippen LogP contribution is 2.27. The van der Waals surface area contributed by atoms with Crippen molar-refractivity contribution in [2.45, 2.75) is 11.4 Å². The normalized spacial score (nSPS) is 11.8. The van der Waals surface area contributed by atoms with Crippen LogP contribution in [0.2, 0.25) is 0 Å². The van der Waals surface area contributed by atoms with Crippen LogP contribution in [0.15, 0.2) is 89.8 Å². The van der Waals surface area contributed by atoms with Crippen LogP contribution < -0.4 is 4.72 Å². The number of hydrogen-bond donors (Lipinski definition) is 1. The molecule has 0 bridgehead atoms. The summed E-state index contributed by atoms with van der Waals surface area (Å²) in [6.45, 7) is 0.401. The molecule has 0 spiro atoms. The number of aromatic nitrogens is 3. The number of fused-ring (bicyclic) bond motifs is 2. The zero-order valence-electron chi connectivity index (χ0n) is 16.2. The van der Waals surface area contributed by atoms with Crippen LogP contribution in [-0.2, 0) is 16.6 Å². The number of halogens is 1. The highest BCUT2D eigenvalue weighted by Gasteiger charge is 2.20. The van der Waals surface area contributed by atoms with E-state index < -0.39 is 15.8 Å². The average molecular weight is 432 g/mol. The fourth-order valence-electron chi connectivity index (χ4n) is 3.44. The summed E-state index contributed by atoms with van der Waals surface area (Å²) in [5.41, 5.74) is 3.57. The molecule has 0 amide bonds. The van der Waals surface area contributed by atoms with Crippen molar-refractivity contribution in [3.8, 4) is 0 Å². The Labute approximate surface area is 178 Å². The van der Waals surface area contributed by atoms with E-state index in [0.717, 1.165) is 28.7 Å². The third kappa shape index (κ3) is 3.73. The summed E-state index contributed by atoms with van der Waals surface area (Å²) in [5.74, 6) is -0.171. The van der Waals surface area contributed by atoms with Gasteiger partial charge < -0.3 is 4.57 Å². The fraction of sp³-hybridized carbons (Fsp3) is 0.0435.